The van der Waals surface area contributed by atoms with Gasteiger partial charge in [-0.05, 0) is 24.6 Å². The van der Waals surface area contributed by atoms with Crippen LogP contribution >= 0.6 is 11.6 Å². The van der Waals surface area contributed by atoms with Gasteiger partial charge in [0.15, 0.2) is 0 Å². The molecule has 0 aliphatic rings. The first-order valence-electron chi connectivity index (χ1n) is 6.44. The molecule has 20 heavy (non-hydrogen) atoms. The molecule has 2 aromatic rings. The van der Waals surface area contributed by atoms with Crippen molar-refractivity contribution in [2.45, 2.75) is 26.4 Å². The number of carbonyl (C=O) groups is 1. The van der Waals surface area contributed by atoms with Crippen LogP contribution in [0.15, 0.2) is 30.7 Å². The van der Waals surface area contributed by atoms with Crippen molar-refractivity contribution >= 4 is 23.2 Å². The van der Waals surface area contributed by atoms with E-state index in [4.69, 9.17) is 17.3 Å². The number of hydrogen-bond donors (Lipinski definition) is 2. The van der Waals surface area contributed by atoms with Gasteiger partial charge in [0.05, 0.1) is 29.2 Å². The minimum absolute atomic E-state index is 0.327. The monoisotopic (exact) mass is 292 g/mol. The smallest absolute Gasteiger partial charge is 0.250 e. The molecule has 0 bridgehead atoms. The summed E-state index contributed by atoms with van der Waals surface area (Å²) in [5.74, 6) is -0.525. The van der Waals surface area contributed by atoms with Gasteiger partial charge in [-0.1, -0.05) is 18.5 Å². The third-order valence-electron chi connectivity index (χ3n) is 2.97. The molecule has 0 aliphatic heterocycles. The van der Waals surface area contributed by atoms with Crippen LogP contribution < -0.4 is 11.1 Å². The van der Waals surface area contributed by atoms with Gasteiger partial charge in [0, 0.05) is 18.4 Å². The van der Waals surface area contributed by atoms with Crippen LogP contribution in [0, 0.1) is 0 Å². The third-order valence-corrected chi connectivity index (χ3v) is 3.28. The van der Waals surface area contributed by atoms with E-state index in [1.54, 1.807) is 18.2 Å². The topological polar surface area (TPSA) is 72.9 Å². The van der Waals surface area contributed by atoms with E-state index in [0.29, 0.717) is 17.1 Å². The normalized spacial score (nSPS) is 10.5. The molecule has 0 radical (unpaired) electrons. The second-order valence-electron chi connectivity index (χ2n) is 4.49. The van der Waals surface area contributed by atoms with Crippen LogP contribution in [-0.4, -0.2) is 15.5 Å². The number of aromatic nitrogens is 2. The largest absolute Gasteiger partial charge is 0.379 e. The van der Waals surface area contributed by atoms with E-state index in [1.807, 2.05) is 12.5 Å². The number of nitrogens with one attached hydrogen (secondary N) is 1. The highest BCUT2D eigenvalue weighted by molar-refractivity contribution is 6.34. The Balaban J connectivity index is 2.05. The lowest BCUT2D eigenvalue weighted by atomic mass is 10.2. The van der Waals surface area contributed by atoms with Gasteiger partial charge in [-0.15, -0.1) is 0 Å². The summed E-state index contributed by atoms with van der Waals surface area (Å²) in [7, 11) is 0. The van der Waals surface area contributed by atoms with E-state index in [1.165, 1.54) is 0 Å². The van der Waals surface area contributed by atoms with Crippen LogP contribution in [0.3, 0.4) is 0 Å². The number of primary amides is 1. The lowest BCUT2D eigenvalue weighted by molar-refractivity contribution is 0.100. The van der Waals surface area contributed by atoms with Crippen LogP contribution in [0.2, 0.25) is 5.02 Å². The fourth-order valence-electron chi connectivity index (χ4n) is 1.96. The molecule has 3 N–H and O–H groups in total. The van der Waals surface area contributed by atoms with Crippen LogP contribution in [0.25, 0.3) is 0 Å². The molecule has 0 spiro atoms. The highest BCUT2D eigenvalue weighted by Crippen LogP contribution is 2.21. The maximum atomic E-state index is 11.1. The quantitative estimate of drug-likeness (QED) is 0.859. The van der Waals surface area contributed by atoms with E-state index in [2.05, 4.69) is 21.8 Å². The number of benzene rings is 1. The van der Waals surface area contributed by atoms with E-state index >= 15 is 0 Å². The zero-order chi connectivity index (χ0) is 14.5. The first kappa shape index (κ1) is 14.4. The Labute approximate surface area is 122 Å². The average Bonchev–Trinajstić information content (AvgIpc) is 2.84. The Morgan fingerprint density at radius 3 is 2.95 bits per heavy atom. The van der Waals surface area contributed by atoms with Gasteiger partial charge in [-0.3, -0.25) is 4.79 Å². The van der Waals surface area contributed by atoms with Gasteiger partial charge >= 0.3 is 0 Å². The van der Waals surface area contributed by atoms with Crippen LogP contribution in [0.5, 0.6) is 0 Å². The van der Waals surface area contributed by atoms with E-state index in [9.17, 15) is 4.79 Å². The summed E-state index contributed by atoms with van der Waals surface area (Å²) < 4.78 is 2.10. The maximum Gasteiger partial charge on any atom is 0.250 e. The summed E-state index contributed by atoms with van der Waals surface area (Å²) >= 11 is 6.01. The number of imidazole rings is 1. The summed E-state index contributed by atoms with van der Waals surface area (Å²) in [6.45, 7) is 3.71. The van der Waals surface area contributed by atoms with Gasteiger partial charge in [0.1, 0.15) is 0 Å². The third kappa shape index (κ3) is 3.30. The number of halogens is 1. The Hall–Kier alpha value is -2.01. The minimum Gasteiger partial charge on any atom is -0.379 e. The minimum atomic E-state index is -0.525. The number of hydrogen-bond acceptors (Lipinski definition) is 3. The highest BCUT2D eigenvalue weighted by atomic mass is 35.5. The number of carbonyl (C=O) groups excluding carboxylic acids is 1. The summed E-state index contributed by atoms with van der Waals surface area (Å²) in [5.41, 5.74) is 7.48. The van der Waals surface area contributed by atoms with Crippen molar-refractivity contribution in [1.82, 2.24) is 9.55 Å². The second-order valence-corrected chi connectivity index (χ2v) is 4.90. The summed E-state index contributed by atoms with van der Waals surface area (Å²) in [6.07, 6.45) is 4.72. The standard InChI is InChI=1S/C14H17ClN4O/c1-2-5-19-9-17-7-11(19)8-18-10-3-4-12(14(16)20)13(15)6-10/h3-4,6-7,9,18H,2,5,8H2,1H3,(H2,16,20). The van der Waals surface area contributed by atoms with E-state index < -0.39 is 5.91 Å². The fraction of sp³-hybridized carbons (Fsp3) is 0.286. The predicted molar refractivity (Wildman–Crippen MR) is 79.8 cm³/mol. The summed E-state index contributed by atoms with van der Waals surface area (Å²) in [5, 5.41) is 3.61. The molecule has 106 valence electrons. The average molecular weight is 293 g/mol. The van der Waals surface area contributed by atoms with Crippen molar-refractivity contribution in [2.75, 3.05) is 5.32 Å². The summed E-state index contributed by atoms with van der Waals surface area (Å²) in [4.78, 5) is 15.2. The van der Waals surface area contributed by atoms with Crippen molar-refractivity contribution in [3.8, 4) is 0 Å². The Morgan fingerprint density at radius 1 is 1.50 bits per heavy atom. The number of nitrogens with zero attached hydrogens (tertiary/aromatic N) is 2. The Kier molecular flexibility index (Phi) is 4.63. The van der Waals surface area contributed by atoms with E-state index in [-0.39, 0.29) is 0 Å². The van der Waals surface area contributed by atoms with Crippen molar-refractivity contribution in [1.29, 1.82) is 0 Å². The second kappa shape index (κ2) is 6.43. The molecule has 0 saturated carbocycles. The van der Waals surface area contributed by atoms with Crippen molar-refractivity contribution in [2.24, 2.45) is 5.73 Å². The highest BCUT2D eigenvalue weighted by Gasteiger charge is 2.07. The number of anilines is 1. The number of rotatable bonds is 6. The molecule has 0 aliphatic carbocycles. The van der Waals surface area contributed by atoms with Gasteiger partial charge in [-0.2, -0.15) is 0 Å². The van der Waals surface area contributed by atoms with Gasteiger partial charge < -0.3 is 15.6 Å². The number of amides is 1. The molecule has 0 fully saturated rings. The summed E-state index contributed by atoms with van der Waals surface area (Å²) in [6, 6.07) is 5.10. The molecule has 0 saturated heterocycles. The molecular formula is C14H17ClN4O. The molecular weight excluding hydrogens is 276 g/mol. The van der Waals surface area contributed by atoms with Gasteiger partial charge in [0.25, 0.3) is 0 Å². The molecule has 1 aromatic heterocycles. The van der Waals surface area contributed by atoms with Crippen molar-refractivity contribution in [3.05, 3.63) is 47.0 Å². The molecule has 1 heterocycles. The lowest BCUT2D eigenvalue weighted by Crippen LogP contribution is -2.12. The maximum absolute atomic E-state index is 11.1. The van der Waals surface area contributed by atoms with Crippen LogP contribution in [-0.2, 0) is 13.1 Å². The molecule has 1 aromatic carbocycles. The SMILES string of the molecule is CCCn1cncc1CNc1ccc(C(N)=O)c(Cl)c1. The molecule has 0 atom stereocenters. The predicted octanol–water partition coefficient (Wildman–Crippen LogP) is 2.66. The van der Waals surface area contributed by atoms with Gasteiger partial charge in [-0.25, -0.2) is 4.98 Å². The lowest BCUT2D eigenvalue weighted by Gasteiger charge is -2.10. The van der Waals surface area contributed by atoms with Crippen LogP contribution in [0.4, 0.5) is 5.69 Å². The van der Waals surface area contributed by atoms with Crippen molar-refractivity contribution in [3.63, 3.8) is 0 Å². The van der Waals surface area contributed by atoms with Crippen LogP contribution in [0.1, 0.15) is 29.4 Å². The molecule has 0 unspecified atom stereocenters. The zero-order valence-electron chi connectivity index (χ0n) is 11.3. The van der Waals surface area contributed by atoms with Crippen molar-refractivity contribution < 1.29 is 4.79 Å². The number of aryl methyl sites for hydroxylation is 1. The first-order chi connectivity index (χ1) is 9.61. The molecule has 5 nitrogen and oxygen atoms in total. The Morgan fingerprint density at radius 2 is 2.30 bits per heavy atom. The van der Waals surface area contributed by atoms with E-state index in [0.717, 1.165) is 24.3 Å². The number of nitrogens with two attached hydrogens (primary N) is 1. The first-order valence-corrected chi connectivity index (χ1v) is 6.82. The van der Waals surface area contributed by atoms with Gasteiger partial charge in [0.2, 0.25) is 5.91 Å². The Bertz CT molecular complexity index is 609. The molecule has 2 rings (SSSR count). The zero-order valence-corrected chi connectivity index (χ0v) is 12.0. The fourth-order valence-corrected chi connectivity index (χ4v) is 2.23. The molecule has 6 heteroatoms. The molecule has 1 amide bonds.